The number of carbonyl (C=O) groups is 1. The summed E-state index contributed by atoms with van der Waals surface area (Å²) >= 11 is 5.88. The van der Waals surface area contributed by atoms with E-state index in [-0.39, 0.29) is 5.91 Å². The maximum atomic E-state index is 12.4. The van der Waals surface area contributed by atoms with Gasteiger partial charge in [0.25, 0.3) is 5.91 Å². The van der Waals surface area contributed by atoms with Crippen LogP contribution in [0, 0.1) is 0 Å². The highest BCUT2D eigenvalue weighted by atomic mass is 35.5. The Labute approximate surface area is 169 Å². The van der Waals surface area contributed by atoms with Gasteiger partial charge in [-0.25, -0.2) is 9.97 Å². The summed E-state index contributed by atoms with van der Waals surface area (Å²) < 4.78 is 0. The molecule has 0 radical (unpaired) electrons. The molecule has 2 aromatic heterocycles. The molecule has 0 unspecified atom stereocenters. The van der Waals surface area contributed by atoms with E-state index in [9.17, 15) is 4.79 Å². The van der Waals surface area contributed by atoms with Crippen LogP contribution in [0.25, 0.3) is 0 Å². The predicted octanol–water partition coefficient (Wildman–Crippen LogP) is 3.18. The van der Waals surface area contributed by atoms with Crippen molar-refractivity contribution in [2.45, 2.75) is 12.8 Å². The molecule has 1 aromatic carbocycles. The minimum atomic E-state index is -0.208. The summed E-state index contributed by atoms with van der Waals surface area (Å²) in [5.41, 5.74) is 2.68. The molecular formula is C21H22ClN5O. The fraction of sp³-hybridized carbons (Fsp3) is 0.238. The number of amides is 1. The Morgan fingerprint density at radius 3 is 2.50 bits per heavy atom. The number of carbonyl (C=O) groups excluding carboxylic acids is 1. The van der Waals surface area contributed by atoms with E-state index in [4.69, 9.17) is 11.6 Å². The van der Waals surface area contributed by atoms with Crippen LogP contribution in [0.5, 0.6) is 0 Å². The first kappa shape index (κ1) is 19.8. The van der Waals surface area contributed by atoms with Crippen LogP contribution in [0.1, 0.15) is 21.6 Å². The quantitative estimate of drug-likeness (QED) is 0.634. The Morgan fingerprint density at radius 2 is 1.75 bits per heavy atom. The van der Waals surface area contributed by atoms with Gasteiger partial charge in [0.2, 0.25) is 0 Å². The SMILES string of the molecule is CN(CCc1ccncc1)c1cc(C(=O)NCCc2ccc(Cl)cc2)ncn1. The zero-order valence-corrected chi connectivity index (χ0v) is 16.4. The van der Waals surface area contributed by atoms with Gasteiger partial charge >= 0.3 is 0 Å². The summed E-state index contributed by atoms with van der Waals surface area (Å²) in [6.45, 7) is 1.30. The van der Waals surface area contributed by atoms with Crippen molar-refractivity contribution in [1.29, 1.82) is 0 Å². The van der Waals surface area contributed by atoms with Crippen LogP contribution < -0.4 is 10.2 Å². The molecule has 0 spiro atoms. The molecule has 1 amide bonds. The number of nitrogens with zero attached hydrogens (tertiary/aromatic N) is 4. The number of hydrogen-bond acceptors (Lipinski definition) is 5. The van der Waals surface area contributed by atoms with Crippen molar-refractivity contribution in [2.24, 2.45) is 0 Å². The Kier molecular flexibility index (Phi) is 6.92. The molecule has 0 saturated heterocycles. The highest BCUT2D eigenvalue weighted by Gasteiger charge is 2.11. The van der Waals surface area contributed by atoms with Crippen molar-refractivity contribution in [2.75, 3.05) is 25.0 Å². The van der Waals surface area contributed by atoms with Gasteiger partial charge in [-0.15, -0.1) is 0 Å². The number of nitrogens with one attached hydrogen (secondary N) is 1. The third-order valence-corrected chi connectivity index (χ3v) is 4.63. The third kappa shape index (κ3) is 5.76. The van der Waals surface area contributed by atoms with Crippen LogP contribution in [-0.4, -0.2) is 41.0 Å². The highest BCUT2D eigenvalue weighted by molar-refractivity contribution is 6.30. The van der Waals surface area contributed by atoms with Gasteiger partial charge in [0.15, 0.2) is 0 Å². The predicted molar refractivity (Wildman–Crippen MR) is 111 cm³/mol. The summed E-state index contributed by atoms with van der Waals surface area (Å²) in [6.07, 6.45) is 6.59. The molecule has 2 heterocycles. The molecule has 3 rings (SSSR count). The summed E-state index contributed by atoms with van der Waals surface area (Å²) in [6, 6.07) is 13.3. The summed E-state index contributed by atoms with van der Waals surface area (Å²) in [5.74, 6) is 0.507. The number of hydrogen-bond donors (Lipinski definition) is 1. The molecule has 144 valence electrons. The third-order valence-electron chi connectivity index (χ3n) is 4.37. The number of anilines is 1. The van der Waals surface area contributed by atoms with E-state index >= 15 is 0 Å². The Balaban J connectivity index is 1.52. The minimum absolute atomic E-state index is 0.208. The normalized spacial score (nSPS) is 10.5. The largest absolute Gasteiger partial charge is 0.359 e. The smallest absolute Gasteiger partial charge is 0.270 e. The van der Waals surface area contributed by atoms with Gasteiger partial charge in [-0.2, -0.15) is 0 Å². The van der Waals surface area contributed by atoms with E-state index in [0.29, 0.717) is 23.1 Å². The van der Waals surface area contributed by atoms with Gasteiger partial charge < -0.3 is 10.2 Å². The topological polar surface area (TPSA) is 71.0 Å². The van der Waals surface area contributed by atoms with Crippen LogP contribution >= 0.6 is 11.6 Å². The lowest BCUT2D eigenvalue weighted by molar-refractivity contribution is 0.0949. The molecule has 0 atom stereocenters. The first-order valence-corrected chi connectivity index (χ1v) is 9.44. The molecule has 28 heavy (non-hydrogen) atoms. The molecule has 0 bridgehead atoms. The maximum absolute atomic E-state index is 12.4. The second-order valence-electron chi connectivity index (χ2n) is 6.42. The molecule has 0 saturated carbocycles. The van der Waals surface area contributed by atoms with Crippen molar-refractivity contribution >= 4 is 23.3 Å². The van der Waals surface area contributed by atoms with Crippen LogP contribution in [0.3, 0.4) is 0 Å². The fourth-order valence-electron chi connectivity index (χ4n) is 2.70. The number of pyridine rings is 1. The number of benzene rings is 1. The lowest BCUT2D eigenvalue weighted by Gasteiger charge is -2.18. The summed E-state index contributed by atoms with van der Waals surface area (Å²) in [5, 5.41) is 3.60. The van der Waals surface area contributed by atoms with Crippen molar-refractivity contribution in [3.8, 4) is 0 Å². The second-order valence-corrected chi connectivity index (χ2v) is 6.86. The van der Waals surface area contributed by atoms with Crippen molar-refractivity contribution < 1.29 is 4.79 Å². The number of likely N-dealkylation sites (N-methyl/N-ethyl adjacent to an activating group) is 1. The molecule has 0 aliphatic rings. The van der Waals surface area contributed by atoms with E-state index < -0.39 is 0 Å². The fourth-order valence-corrected chi connectivity index (χ4v) is 2.83. The van der Waals surface area contributed by atoms with E-state index in [1.54, 1.807) is 18.5 Å². The first-order valence-electron chi connectivity index (χ1n) is 9.06. The van der Waals surface area contributed by atoms with Crippen LogP contribution in [0.4, 0.5) is 5.82 Å². The van der Waals surface area contributed by atoms with Crippen molar-refractivity contribution in [1.82, 2.24) is 20.3 Å². The Morgan fingerprint density at radius 1 is 1.04 bits per heavy atom. The Hall–Kier alpha value is -2.99. The summed E-state index contributed by atoms with van der Waals surface area (Å²) in [4.78, 5) is 26.8. The molecule has 7 heteroatoms. The highest BCUT2D eigenvalue weighted by Crippen LogP contribution is 2.11. The molecule has 3 aromatic rings. The van der Waals surface area contributed by atoms with Crippen molar-refractivity contribution in [3.63, 3.8) is 0 Å². The molecule has 0 fully saturated rings. The van der Waals surface area contributed by atoms with Gasteiger partial charge in [-0.1, -0.05) is 23.7 Å². The standard InChI is InChI=1S/C21H22ClN5O/c1-27(13-9-17-6-10-23-11-7-17)20-14-19(25-15-26-20)21(28)24-12-8-16-2-4-18(22)5-3-16/h2-7,10-11,14-15H,8-9,12-13H2,1H3,(H,24,28). The zero-order valence-electron chi connectivity index (χ0n) is 15.7. The zero-order chi connectivity index (χ0) is 19.8. The molecule has 0 aliphatic carbocycles. The average Bonchev–Trinajstić information content (AvgIpc) is 2.74. The van der Waals surface area contributed by atoms with Gasteiger partial charge in [0.1, 0.15) is 17.8 Å². The number of rotatable bonds is 8. The number of aromatic nitrogens is 3. The van der Waals surface area contributed by atoms with Gasteiger partial charge in [0.05, 0.1) is 0 Å². The van der Waals surface area contributed by atoms with E-state index in [2.05, 4.69) is 20.3 Å². The molecular weight excluding hydrogens is 374 g/mol. The van der Waals surface area contributed by atoms with E-state index in [0.717, 1.165) is 24.9 Å². The lowest BCUT2D eigenvalue weighted by atomic mass is 10.1. The van der Waals surface area contributed by atoms with E-state index in [1.165, 1.54) is 11.9 Å². The minimum Gasteiger partial charge on any atom is -0.359 e. The first-order chi connectivity index (χ1) is 13.6. The average molecular weight is 396 g/mol. The molecule has 1 N–H and O–H groups in total. The number of halogens is 1. The van der Waals surface area contributed by atoms with Crippen molar-refractivity contribution in [3.05, 3.63) is 83.0 Å². The Bertz CT molecular complexity index is 902. The van der Waals surface area contributed by atoms with Gasteiger partial charge in [-0.3, -0.25) is 9.78 Å². The van der Waals surface area contributed by atoms with Gasteiger partial charge in [-0.05, 0) is 48.2 Å². The van der Waals surface area contributed by atoms with Crippen LogP contribution in [-0.2, 0) is 12.8 Å². The van der Waals surface area contributed by atoms with Crippen LogP contribution in [0.15, 0.2) is 61.2 Å². The molecule has 6 nitrogen and oxygen atoms in total. The maximum Gasteiger partial charge on any atom is 0.270 e. The monoisotopic (exact) mass is 395 g/mol. The van der Waals surface area contributed by atoms with Crippen LogP contribution in [0.2, 0.25) is 5.02 Å². The van der Waals surface area contributed by atoms with E-state index in [1.807, 2.05) is 48.3 Å². The lowest BCUT2D eigenvalue weighted by Crippen LogP contribution is -2.27. The van der Waals surface area contributed by atoms with Gasteiger partial charge in [0, 0.05) is 43.6 Å². The summed E-state index contributed by atoms with van der Waals surface area (Å²) in [7, 11) is 1.95. The molecule has 0 aliphatic heterocycles. The second kappa shape index (κ2) is 9.80.